The van der Waals surface area contributed by atoms with Gasteiger partial charge in [-0.1, -0.05) is 55.4 Å². The second-order valence-electron chi connectivity index (χ2n) is 12.6. The van der Waals surface area contributed by atoms with Crippen LogP contribution in [0.25, 0.3) is 11.2 Å². The van der Waals surface area contributed by atoms with Crippen LogP contribution in [0.1, 0.15) is 68.5 Å². The molecule has 0 aliphatic carbocycles. The Hall–Kier alpha value is -1.79. The number of aromatic nitrogens is 4. The fourth-order valence-corrected chi connectivity index (χ4v) is 18.0. The molecule has 222 valence electrons. The van der Waals surface area contributed by atoms with E-state index in [1.54, 1.807) is 6.33 Å². The number of carbonyl (C=O) groups is 1. The molecule has 3 fully saturated rings. The van der Waals surface area contributed by atoms with Crippen LogP contribution in [0, 0.1) is 0 Å². The van der Waals surface area contributed by atoms with E-state index in [1.165, 1.54) is 13.3 Å². The van der Waals surface area contributed by atoms with Gasteiger partial charge in [-0.25, -0.2) is 15.0 Å². The summed E-state index contributed by atoms with van der Waals surface area (Å²) < 4.78 is 30.7. The lowest BCUT2D eigenvalue weighted by Crippen LogP contribution is -2.71. The van der Waals surface area contributed by atoms with Crippen molar-refractivity contribution in [2.45, 2.75) is 109 Å². The molecule has 1 unspecified atom stereocenters. The van der Waals surface area contributed by atoms with E-state index >= 15 is 0 Å². The number of likely N-dealkylation sites (N-methyl/N-ethyl adjacent to an activating group) is 1. The normalized spacial score (nSPS) is 30.2. The monoisotopic (exact) mass is 592 g/mol. The third kappa shape index (κ3) is 4.56. The van der Waals surface area contributed by atoms with Gasteiger partial charge in [0, 0.05) is 14.0 Å². The summed E-state index contributed by atoms with van der Waals surface area (Å²) in [5.41, 5.74) is 1.02. The first-order valence-corrected chi connectivity index (χ1v) is 18.2. The van der Waals surface area contributed by atoms with Gasteiger partial charge in [0.15, 0.2) is 29.3 Å². The van der Waals surface area contributed by atoms with Gasteiger partial charge in [-0.15, -0.1) is 0 Å². The number of nitrogens with zero attached hydrogens (tertiary/aromatic N) is 5. The topological polar surface area (TPSA) is 122 Å². The van der Waals surface area contributed by atoms with Gasteiger partial charge in [0.2, 0.25) is 5.91 Å². The molecule has 3 saturated heterocycles. The number of ether oxygens (including phenoxy) is 1. The Morgan fingerprint density at radius 2 is 1.68 bits per heavy atom. The Morgan fingerprint density at radius 1 is 1.02 bits per heavy atom. The molecule has 1 N–H and O–H groups in total. The molecule has 1 amide bonds. The maximum atomic E-state index is 11.8. The second kappa shape index (κ2) is 10.5. The molecule has 2 aromatic heterocycles. The summed E-state index contributed by atoms with van der Waals surface area (Å²) in [5, 5.41) is 4.57. The highest BCUT2D eigenvalue weighted by atomic mass is 28.5. The third-order valence-corrected chi connectivity index (χ3v) is 18.8. The Labute approximate surface area is 238 Å². The van der Waals surface area contributed by atoms with Crippen LogP contribution in [0.2, 0.25) is 22.2 Å². The van der Waals surface area contributed by atoms with E-state index in [0.29, 0.717) is 30.1 Å². The molecule has 5 heterocycles. The van der Waals surface area contributed by atoms with Crippen molar-refractivity contribution < 1.29 is 27.3 Å². The molecule has 3 aliphatic rings. The van der Waals surface area contributed by atoms with Gasteiger partial charge in [-0.05, 0) is 22.2 Å². The minimum absolute atomic E-state index is 0.176. The zero-order valence-electron chi connectivity index (χ0n) is 25.3. The molecule has 4 atom stereocenters. The number of hydroxylamine groups is 2. The van der Waals surface area contributed by atoms with Crippen molar-refractivity contribution in [2.75, 3.05) is 25.5 Å². The number of anilines is 1. The predicted molar refractivity (Wildman–Crippen MR) is 154 cm³/mol. The first-order valence-electron chi connectivity index (χ1n) is 14.3. The highest BCUT2D eigenvalue weighted by molar-refractivity contribution is 6.84. The van der Waals surface area contributed by atoms with Gasteiger partial charge in [0.25, 0.3) is 0 Å². The molecular formula is C26H44N6O6Si2. The molecule has 14 heteroatoms. The summed E-state index contributed by atoms with van der Waals surface area (Å²) >= 11 is 0. The first kappa shape index (κ1) is 29.7. The van der Waals surface area contributed by atoms with E-state index in [0.717, 1.165) is 0 Å². The largest absolute Gasteiger partial charge is 0.414 e. The predicted octanol–water partition coefficient (Wildman–Crippen LogP) is 4.25. The summed E-state index contributed by atoms with van der Waals surface area (Å²) in [5.74, 6) is 0.116. The molecule has 5 rings (SSSR count). The number of fused-ring (bicyclic) bond motifs is 1. The first-order chi connectivity index (χ1) is 18.8. The van der Waals surface area contributed by atoms with Crippen molar-refractivity contribution in [3.8, 4) is 0 Å². The van der Waals surface area contributed by atoms with Gasteiger partial charge < -0.3 is 23.0 Å². The maximum Gasteiger partial charge on any atom is 0.335 e. The number of nitrogens with one attached hydrogen (secondary N) is 1. The van der Waals surface area contributed by atoms with Gasteiger partial charge >= 0.3 is 17.1 Å². The summed E-state index contributed by atoms with van der Waals surface area (Å²) in [7, 11) is -3.74. The van der Waals surface area contributed by atoms with E-state index in [4.69, 9.17) is 22.5 Å². The molecule has 0 spiro atoms. The number of hydrogen-bond acceptors (Lipinski definition) is 10. The maximum absolute atomic E-state index is 11.8. The minimum Gasteiger partial charge on any atom is -0.414 e. The molecule has 0 radical (unpaired) electrons. The van der Waals surface area contributed by atoms with Crippen LogP contribution < -0.4 is 5.32 Å². The van der Waals surface area contributed by atoms with Crippen LogP contribution in [0.3, 0.4) is 0 Å². The smallest absolute Gasteiger partial charge is 0.335 e. The molecule has 3 aliphatic heterocycles. The summed E-state index contributed by atoms with van der Waals surface area (Å²) in [6.07, 6.45) is 1.56. The Kier molecular flexibility index (Phi) is 7.79. The van der Waals surface area contributed by atoms with E-state index < -0.39 is 41.2 Å². The van der Waals surface area contributed by atoms with Crippen molar-refractivity contribution in [1.29, 1.82) is 0 Å². The van der Waals surface area contributed by atoms with Crippen molar-refractivity contribution >= 4 is 40.0 Å². The summed E-state index contributed by atoms with van der Waals surface area (Å²) in [6.45, 7) is 19.9. The Morgan fingerprint density at radius 3 is 2.27 bits per heavy atom. The number of imidazole rings is 1. The summed E-state index contributed by atoms with van der Waals surface area (Å²) in [4.78, 5) is 31.5. The van der Waals surface area contributed by atoms with Gasteiger partial charge in [0.05, 0.1) is 19.5 Å². The van der Waals surface area contributed by atoms with Crippen LogP contribution in [0.5, 0.6) is 0 Å². The minimum atomic E-state index is -2.90. The van der Waals surface area contributed by atoms with E-state index in [2.05, 4.69) is 75.7 Å². The van der Waals surface area contributed by atoms with Crippen LogP contribution in [0.15, 0.2) is 12.7 Å². The quantitative estimate of drug-likeness (QED) is 0.487. The third-order valence-electron chi connectivity index (χ3n) is 8.56. The van der Waals surface area contributed by atoms with Crippen LogP contribution in [-0.4, -0.2) is 85.6 Å². The van der Waals surface area contributed by atoms with Gasteiger partial charge in [0.1, 0.15) is 18.0 Å². The van der Waals surface area contributed by atoms with Crippen LogP contribution >= 0.6 is 0 Å². The fraction of sp³-hybridized carbons (Fsp3) is 0.769. The highest BCUT2D eigenvalue weighted by Gasteiger charge is 2.68. The number of rotatable bonds is 6. The number of hydrogen-bond donors (Lipinski definition) is 1. The standard InChI is InChI=1S/C26H44N6O6Si2/c1-15(2)39(16(3)4)34-12-26-11-31(10)36-21(22(26)37-40(38-39,17(5)6)18(7)8)25(35-26)32-14-29-20-23(30-19(9)33)27-13-28-24(20)32/h13-18,21-22,25H,11-12H2,1-10H3,(H,27,28,30,33)/t21?,22-,25-,26-/m1/s1. The fourth-order valence-electron chi connectivity index (χ4n) is 6.67. The van der Waals surface area contributed by atoms with Crippen molar-refractivity contribution in [1.82, 2.24) is 24.6 Å². The van der Waals surface area contributed by atoms with Gasteiger partial charge in [-0.2, -0.15) is 5.06 Å². The van der Waals surface area contributed by atoms with E-state index in [1.807, 2.05) is 16.7 Å². The SMILES string of the molecule is CC(=O)Nc1ncnc2c1ncn2[C@@H]1O[C@]23CO[Si](C(C)C)(C(C)C)O[Si](C(C)C)(C(C)C)O[C@@H]2C1ON(C)C3. The van der Waals surface area contributed by atoms with Crippen LogP contribution in [0.4, 0.5) is 5.82 Å². The van der Waals surface area contributed by atoms with Crippen molar-refractivity contribution in [3.05, 3.63) is 12.7 Å². The lowest BCUT2D eigenvalue weighted by molar-refractivity contribution is -0.257. The molecule has 2 bridgehead atoms. The number of amides is 1. The molecule has 0 saturated carbocycles. The second-order valence-corrected chi connectivity index (χ2v) is 21.5. The average Bonchev–Trinajstić information content (AvgIpc) is 3.34. The molecule has 2 aromatic rings. The molecular weight excluding hydrogens is 548 g/mol. The highest BCUT2D eigenvalue weighted by Crippen LogP contribution is 2.53. The van der Waals surface area contributed by atoms with Crippen molar-refractivity contribution in [3.63, 3.8) is 0 Å². The molecule has 0 aromatic carbocycles. The zero-order valence-corrected chi connectivity index (χ0v) is 27.3. The van der Waals surface area contributed by atoms with E-state index in [9.17, 15) is 4.79 Å². The van der Waals surface area contributed by atoms with Crippen LogP contribution in [-0.2, 0) is 27.3 Å². The lowest BCUT2D eigenvalue weighted by Gasteiger charge is -2.55. The van der Waals surface area contributed by atoms with E-state index in [-0.39, 0.29) is 28.1 Å². The lowest BCUT2D eigenvalue weighted by atomic mass is 9.94. The van der Waals surface area contributed by atoms with Crippen molar-refractivity contribution in [2.24, 2.45) is 0 Å². The number of carbonyl (C=O) groups excluding carboxylic acids is 1. The Bertz CT molecular complexity index is 1240. The Balaban J connectivity index is 1.64. The zero-order chi connectivity index (χ0) is 29.2. The summed E-state index contributed by atoms with van der Waals surface area (Å²) in [6, 6.07) is 0. The average molecular weight is 593 g/mol. The molecule has 12 nitrogen and oxygen atoms in total. The van der Waals surface area contributed by atoms with Gasteiger partial charge in [-0.3, -0.25) is 14.2 Å². The molecule has 40 heavy (non-hydrogen) atoms.